The zero-order chi connectivity index (χ0) is 23.8. The van der Waals surface area contributed by atoms with Crippen LogP contribution < -0.4 is 19.7 Å². The first-order valence-electron chi connectivity index (χ1n) is 10.8. The molecular weight excluding hydrogens is 450 g/mol. The number of benzene rings is 1. The molecule has 0 spiro atoms. The highest BCUT2D eigenvalue weighted by atomic mass is 32.1. The second kappa shape index (κ2) is 8.79. The number of anilines is 1. The van der Waals surface area contributed by atoms with Crippen LogP contribution in [0, 0.1) is 13.8 Å². The molecule has 34 heavy (non-hydrogen) atoms. The summed E-state index contributed by atoms with van der Waals surface area (Å²) in [7, 11) is 3.30. The molecule has 4 heterocycles. The number of nitrogens with one attached hydrogen (secondary N) is 1. The molecule has 174 valence electrons. The first-order valence-corrected chi connectivity index (χ1v) is 11.2. The Hall–Kier alpha value is -3.92. The maximum Gasteiger partial charge on any atom is 0.174 e. The second-order valence-corrected chi connectivity index (χ2v) is 8.40. The number of nitrogens with zero attached hydrogens (tertiary/aromatic N) is 6. The van der Waals surface area contributed by atoms with Crippen LogP contribution in [0.2, 0.25) is 0 Å². The molecule has 1 saturated heterocycles. The van der Waals surface area contributed by atoms with Gasteiger partial charge in [0, 0.05) is 29.2 Å². The van der Waals surface area contributed by atoms with E-state index in [-0.39, 0.29) is 12.1 Å². The van der Waals surface area contributed by atoms with Crippen LogP contribution in [-0.2, 0) is 0 Å². The van der Waals surface area contributed by atoms with Crippen LogP contribution >= 0.6 is 12.2 Å². The number of hydrogen-bond donors (Lipinski definition) is 1. The predicted octanol–water partition coefficient (Wildman–Crippen LogP) is 3.60. The summed E-state index contributed by atoms with van der Waals surface area (Å²) < 4.78 is 15.2. The Labute approximate surface area is 202 Å². The molecule has 4 aromatic rings. The molecule has 1 N–H and O–H groups in total. The molecule has 10 heteroatoms. The molecule has 0 radical (unpaired) electrons. The Morgan fingerprint density at radius 1 is 1.00 bits per heavy atom. The number of ether oxygens (including phenoxy) is 2. The highest BCUT2D eigenvalue weighted by Gasteiger charge is 2.43. The Kier molecular flexibility index (Phi) is 5.66. The number of thiocarbonyl (C=S) groups is 1. The van der Waals surface area contributed by atoms with Gasteiger partial charge in [-0.05, 0) is 56.4 Å². The average molecular weight is 476 g/mol. The summed E-state index contributed by atoms with van der Waals surface area (Å²) in [6.45, 7) is 4.14. The summed E-state index contributed by atoms with van der Waals surface area (Å²) in [5.74, 6) is 1.41. The van der Waals surface area contributed by atoms with E-state index in [1.165, 1.54) is 0 Å². The van der Waals surface area contributed by atoms with Crippen LogP contribution in [0.1, 0.15) is 34.7 Å². The van der Waals surface area contributed by atoms with E-state index in [1.807, 2.05) is 41.1 Å². The van der Waals surface area contributed by atoms with Crippen LogP contribution in [0.25, 0.3) is 0 Å². The van der Waals surface area contributed by atoms with E-state index in [0.717, 1.165) is 28.3 Å². The number of aryl methyl sites for hydroxylation is 1. The Morgan fingerprint density at radius 3 is 2.47 bits per heavy atom. The van der Waals surface area contributed by atoms with Crippen molar-refractivity contribution in [3.05, 3.63) is 84.0 Å². The van der Waals surface area contributed by atoms with Crippen molar-refractivity contribution in [2.75, 3.05) is 19.1 Å². The molecule has 1 aliphatic heterocycles. The lowest BCUT2D eigenvalue weighted by molar-refractivity contribution is 0.403. The van der Waals surface area contributed by atoms with Crippen molar-refractivity contribution in [1.29, 1.82) is 0 Å². The van der Waals surface area contributed by atoms with Crippen molar-refractivity contribution >= 4 is 23.0 Å². The zero-order valence-corrected chi connectivity index (χ0v) is 20.2. The first-order chi connectivity index (χ1) is 16.5. The lowest BCUT2D eigenvalue weighted by atomic mass is 9.96. The maximum atomic E-state index is 5.88. The summed E-state index contributed by atoms with van der Waals surface area (Å²) >= 11 is 5.88. The van der Waals surface area contributed by atoms with Gasteiger partial charge in [0.05, 0.1) is 37.7 Å². The topological polar surface area (TPSA) is 82.3 Å². The first kappa shape index (κ1) is 21.9. The van der Waals surface area contributed by atoms with Gasteiger partial charge < -0.3 is 19.7 Å². The van der Waals surface area contributed by atoms with Crippen LogP contribution in [0.3, 0.4) is 0 Å². The largest absolute Gasteiger partial charge is 0.497 e. The molecule has 1 fully saturated rings. The standard InChI is InChI=1S/C24H25N7O2S/c1-15-11-18(16(2)31(15)29-13-26-27-14-29)23-22(19-7-5-6-10-25-19)28-24(34)30(23)20-12-17(32-3)8-9-21(20)33-4/h5-14,22-23H,1-4H3,(H,28,34)/t22-,23-/m0/s1. The van der Waals surface area contributed by atoms with Gasteiger partial charge in [-0.1, -0.05) is 6.07 Å². The molecule has 3 aromatic heterocycles. The minimum Gasteiger partial charge on any atom is -0.497 e. The summed E-state index contributed by atoms with van der Waals surface area (Å²) in [4.78, 5) is 6.74. The van der Waals surface area contributed by atoms with Gasteiger partial charge in [0.15, 0.2) is 5.11 Å². The number of hydrogen-bond acceptors (Lipinski definition) is 6. The van der Waals surface area contributed by atoms with Crippen LogP contribution in [0.15, 0.2) is 61.3 Å². The second-order valence-electron chi connectivity index (χ2n) is 8.01. The van der Waals surface area contributed by atoms with Crippen LogP contribution in [0.4, 0.5) is 5.69 Å². The predicted molar refractivity (Wildman–Crippen MR) is 132 cm³/mol. The molecule has 0 saturated carbocycles. The summed E-state index contributed by atoms with van der Waals surface area (Å²) in [5, 5.41) is 12.0. The van der Waals surface area contributed by atoms with Gasteiger partial charge in [0.25, 0.3) is 0 Å². The molecule has 2 atom stereocenters. The fraction of sp³-hybridized carbons (Fsp3) is 0.250. The average Bonchev–Trinajstić information content (AvgIpc) is 3.57. The molecule has 9 nitrogen and oxygen atoms in total. The minimum atomic E-state index is -0.195. The number of rotatable bonds is 6. The Bertz CT molecular complexity index is 1320. The zero-order valence-electron chi connectivity index (χ0n) is 19.3. The van der Waals surface area contributed by atoms with E-state index in [0.29, 0.717) is 16.6 Å². The quantitative estimate of drug-likeness (QED) is 0.424. The van der Waals surface area contributed by atoms with Gasteiger partial charge in [0.1, 0.15) is 24.2 Å². The van der Waals surface area contributed by atoms with Gasteiger partial charge in [-0.25, -0.2) is 4.68 Å². The highest BCUT2D eigenvalue weighted by molar-refractivity contribution is 7.80. The Balaban J connectivity index is 1.72. The summed E-state index contributed by atoms with van der Waals surface area (Å²) in [6.07, 6.45) is 5.16. The van der Waals surface area contributed by atoms with Crippen molar-refractivity contribution in [1.82, 2.24) is 29.9 Å². The third-order valence-electron chi connectivity index (χ3n) is 6.13. The Morgan fingerprint density at radius 2 is 1.79 bits per heavy atom. The van der Waals surface area contributed by atoms with Crippen LogP contribution in [0.5, 0.6) is 11.5 Å². The smallest absolute Gasteiger partial charge is 0.174 e. The van der Waals surface area contributed by atoms with E-state index in [2.05, 4.69) is 50.0 Å². The minimum absolute atomic E-state index is 0.181. The third kappa shape index (κ3) is 3.56. The van der Waals surface area contributed by atoms with Crippen molar-refractivity contribution in [3.8, 4) is 11.5 Å². The van der Waals surface area contributed by atoms with E-state index in [9.17, 15) is 0 Å². The van der Waals surface area contributed by atoms with Gasteiger partial charge in [-0.3, -0.25) is 9.66 Å². The van der Waals surface area contributed by atoms with E-state index < -0.39 is 0 Å². The lowest BCUT2D eigenvalue weighted by Crippen LogP contribution is -2.30. The third-order valence-corrected chi connectivity index (χ3v) is 6.45. The molecule has 0 amide bonds. The molecule has 1 aromatic carbocycles. The van der Waals surface area contributed by atoms with E-state index in [1.54, 1.807) is 33.1 Å². The number of pyridine rings is 1. The molecule has 0 bridgehead atoms. The van der Waals surface area contributed by atoms with Crippen molar-refractivity contribution in [2.45, 2.75) is 25.9 Å². The lowest BCUT2D eigenvalue weighted by Gasteiger charge is -2.29. The molecule has 0 unspecified atom stereocenters. The number of aromatic nitrogens is 5. The van der Waals surface area contributed by atoms with Crippen molar-refractivity contribution in [2.24, 2.45) is 0 Å². The maximum absolute atomic E-state index is 5.88. The highest BCUT2D eigenvalue weighted by Crippen LogP contribution is 2.46. The van der Waals surface area contributed by atoms with Gasteiger partial charge >= 0.3 is 0 Å². The number of methoxy groups -OCH3 is 2. The van der Waals surface area contributed by atoms with Gasteiger partial charge in [-0.2, -0.15) is 0 Å². The van der Waals surface area contributed by atoms with Gasteiger partial charge in [-0.15, -0.1) is 10.2 Å². The fourth-order valence-corrected chi connectivity index (χ4v) is 4.99. The summed E-state index contributed by atoms with van der Waals surface area (Å²) in [6, 6.07) is 13.4. The van der Waals surface area contributed by atoms with Crippen molar-refractivity contribution in [3.63, 3.8) is 0 Å². The van der Waals surface area contributed by atoms with Gasteiger partial charge in [0.2, 0.25) is 0 Å². The summed E-state index contributed by atoms with van der Waals surface area (Å²) in [5.41, 5.74) is 4.90. The van der Waals surface area contributed by atoms with E-state index >= 15 is 0 Å². The van der Waals surface area contributed by atoms with Crippen LogP contribution in [-0.4, -0.2) is 43.9 Å². The SMILES string of the molecule is COc1ccc(OC)c(N2C(=S)N[C@@H](c3ccccn3)[C@@H]2c2cc(C)n(-n3cnnc3)c2C)c1. The molecular formula is C24H25N7O2S. The fourth-order valence-electron chi connectivity index (χ4n) is 4.65. The normalized spacial score (nSPS) is 17.6. The molecule has 0 aliphatic carbocycles. The molecule has 5 rings (SSSR count). The van der Waals surface area contributed by atoms with Crippen molar-refractivity contribution < 1.29 is 9.47 Å². The molecule has 1 aliphatic rings. The van der Waals surface area contributed by atoms with E-state index in [4.69, 9.17) is 21.7 Å². The monoisotopic (exact) mass is 475 g/mol.